The zero-order valence-corrected chi connectivity index (χ0v) is 9.45. The van der Waals surface area contributed by atoms with Gasteiger partial charge in [-0.25, -0.2) is 4.98 Å². The highest BCUT2D eigenvalue weighted by molar-refractivity contribution is 5.77. The van der Waals surface area contributed by atoms with E-state index in [4.69, 9.17) is 10.8 Å². The topological polar surface area (TPSA) is 101 Å². The van der Waals surface area contributed by atoms with Gasteiger partial charge in [-0.05, 0) is 6.42 Å². The van der Waals surface area contributed by atoms with Gasteiger partial charge in [0.05, 0.1) is 19.4 Å². The van der Waals surface area contributed by atoms with E-state index in [1.807, 2.05) is 10.8 Å². The number of nitrogens with zero attached hydrogens (tertiary/aromatic N) is 3. The van der Waals surface area contributed by atoms with Gasteiger partial charge in [0.25, 0.3) is 0 Å². The summed E-state index contributed by atoms with van der Waals surface area (Å²) in [5.74, 6) is -1.48. The molecule has 94 valence electrons. The van der Waals surface area contributed by atoms with Crippen LogP contribution in [0.5, 0.6) is 0 Å². The highest BCUT2D eigenvalue weighted by Crippen LogP contribution is 1.95. The average Bonchev–Trinajstić information content (AvgIpc) is 2.68. The lowest BCUT2D eigenvalue weighted by molar-refractivity contribution is -0.138. The van der Waals surface area contributed by atoms with E-state index in [-0.39, 0.29) is 13.1 Å². The number of imidazole rings is 1. The van der Waals surface area contributed by atoms with Gasteiger partial charge in [-0.2, -0.15) is 0 Å². The van der Waals surface area contributed by atoms with Gasteiger partial charge in [-0.3, -0.25) is 14.5 Å². The molecule has 0 aliphatic rings. The van der Waals surface area contributed by atoms with Crippen LogP contribution in [0.4, 0.5) is 0 Å². The van der Waals surface area contributed by atoms with Gasteiger partial charge in [0.15, 0.2) is 0 Å². The Morgan fingerprint density at radius 3 is 2.71 bits per heavy atom. The van der Waals surface area contributed by atoms with E-state index in [1.165, 1.54) is 4.90 Å². The van der Waals surface area contributed by atoms with Crippen molar-refractivity contribution in [2.24, 2.45) is 5.73 Å². The van der Waals surface area contributed by atoms with Crippen molar-refractivity contribution in [3.63, 3.8) is 0 Å². The first-order chi connectivity index (χ1) is 8.08. The Labute approximate surface area is 98.8 Å². The zero-order valence-electron chi connectivity index (χ0n) is 9.45. The molecule has 7 heteroatoms. The molecule has 7 nitrogen and oxygen atoms in total. The first-order valence-corrected chi connectivity index (χ1v) is 5.26. The summed E-state index contributed by atoms with van der Waals surface area (Å²) in [7, 11) is 0. The normalized spacial score (nSPS) is 10.6. The van der Waals surface area contributed by atoms with Gasteiger partial charge >= 0.3 is 5.97 Å². The maximum atomic E-state index is 10.8. The van der Waals surface area contributed by atoms with Gasteiger partial charge in [-0.1, -0.05) is 0 Å². The van der Waals surface area contributed by atoms with E-state index in [0.717, 1.165) is 13.0 Å². The van der Waals surface area contributed by atoms with Crippen LogP contribution in [0.25, 0.3) is 0 Å². The average molecular weight is 240 g/mol. The minimum Gasteiger partial charge on any atom is -0.480 e. The molecule has 0 atom stereocenters. The predicted molar refractivity (Wildman–Crippen MR) is 60.1 cm³/mol. The Hall–Kier alpha value is -1.89. The van der Waals surface area contributed by atoms with Gasteiger partial charge in [0.1, 0.15) is 0 Å². The van der Waals surface area contributed by atoms with Gasteiger partial charge in [0, 0.05) is 25.5 Å². The van der Waals surface area contributed by atoms with Crippen molar-refractivity contribution in [1.82, 2.24) is 14.5 Å². The summed E-state index contributed by atoms with van der Waals surface area (Å²) in [6, 6.07) is 0. The lowest BCUT2D eigenvalue weighted by Crippen LogP contribution is -2.38. The molecule has 0 bridgehead atoms. The van der Waals surface area contributed by atoms with E-state index in [1.54, 1.807) is 12.5 Å². The second kappa shape index (κ2) is 6.64. The number of hydrogen-bond donors (Lipinski definition) is 2. The maximum Gasteiger partial charge on any atom is 0.317 e. The first-order valence-electron chi connectivity index (χ1n) is 5.26. The van der Waals surface area contributed by atoms with Crippen LogP contribution in [-0.4, -0.2) is 51.1 Å². The molecule has 0 saturated heterocycles. The summed E-state index contributed by atoms with van der Waals surface area (Å²) < 4.78 is 1.89. The minimum atomic E-state index is -0.964. The number of primary amides is 1. The Morgan fingerprint density at radius 2 is 2.18 bits per heavy atom. The number of amides is 1. The standard InChI is InChI=1S/C10H16N4O3/c11-9(15)6-14(7-10(16)17)4-1-3-13-5-2-12-8-13/h2,5,8H,1,3-4,6-7H2,(H2,11,15)(H,16,17). The fraction of sp³-hybridized carbons (Fsp3) is 0.500. The number of carboxylic acid groups (broad SMARTS) is 1. The molecule has 0 aliphatic heterocycles. The lowest BCUT2D eigenvalue weighted by atomic mass is 10.3. The summed E-state index contributed by atoms with van der Waals surface area (Å²) in [5, 5.41) is 8.67. The molecule has 17 heavy (non-hydrogen) atoms. The number of rotatable bonds is 8. The van der Waals surface area contributed by atoms with Crippen molar-refractivity contribution in [3.8, 4) is 0 Å². The minimum absolute atomic E-state index is 0.0315. The van der Waals surface area contributed by atoms with Crippen LogP contribution in [0.1, 0.15) is 6.42 Å². The van der Waals surface area contributed by atoms with Crippen molar-refractivity contribution < 1.29 is 14.7 Å². The molecule has 1 rings (SSSR count). The smallest absolute Gasteiger partial charge is 0.317 e. The Morgan fingerprint density at radius 1 is 1.41 bits per heavy atom. The molecule has 0 aliphatic carbocycles. The molecule has 0 spiro atoms. The number of carbonyl (C=O) groups is 2. The highest BCUT2D eigenvalue weighted by Gasteiger charge is 2.11. The molecular formula is C10H16N4O3. The van der Waals surface area contributed by atoms with Crippen LogP contribution >= 0.6 is 0 Å². The fourth-order valence-corrected chi connectivity index (χ4v) is 1.52. The van der Waals surface area contributed by atoms with E-state index in [9.17, 15) is 9.59 Å². The Bertz CT molecular complexity index is 348. The highest BCUT2D eigenvalue weighted by atomic mass is 16.4. The zero-order chi connectivity index (χ0) is 12.7. The maximum absolute atomic E-state index is 10.8. The molecule has 1 aromatic heterocycles. The lowest BCUT2D eigenvalue weighted by Gasteiger charge is -2.18. The third-order valence-corrected chi connectivity index (χ3v) is 2.19. The van der Waals surface area contributed by atoms with Crippen LogP contribution in [0.2, 0.25) is 0 Å². The molecule has 1 amide bonds. The van der Waals surface area contributed by atoms with E-state index < -0.39 is 11.9 Å². The van der Waals surface area contributed by atoms with Crippen LogP contribution in [-0.2, 0) is 16.1 Å². The number of carbonyl (C=O) groups excluding carboxylic acids is 1. The first kappa shape index (κ1) is 13.2. The Kier molecular flexibility index (Phi) is 5.15. The van der Waals surface area contributed by atoms with Crippen molar-refractivity contribution in [1.29, 1.82) is 0 Å². The van der Waals surface area contributed by atoms with Crippen LogP contribution in [0.3, 0.4) is 0 Å². The fourth-order valence-electron chi connectivity index (χ4n) is 1.52. The quantitative estimate of drug-likeness (QED) is 0.616. The molecule has 0 fully saturated rings. The second-order valence-corrected chi connectivity index (χ2v) is 3.72. The molecule has 0 aromatic carbocycles. The predicted octanol–water partition coefficient (Wildman–Crippen LogP) is -0.855. The molecule has 1 aromatic rings. The van der Waals surface area contributed by atoms with Crippen LogP contribution in [0.15, 0.2) is 18.7 Å². The summed E-state index contributed by atoms with van der Waals surface area (Å²) in [4.78, 5) is 26.7. The summed E-state index contributed by atoms with van der Waals surface area (Å²) in [5.41, 5.74) is 5.05. The van der Waals surface area contributed by atoms with E-state index >= 15 is 0 Å². The number of carboxylic acids is 1. The number of aliphatic carboxylic acids is 1. The molecule has 0 saturated carbocycles. The largest absolute Gasteiger partial charge is 0.480 e. The molecule has 1 heterocycles. The van der Waals surface area contributed by atoms with Crippen molar-refractivity contribution in [3.05, 3.63) is 18.7 Å². The van der Waals surface area contributed by atoms with E-state index in [2.05, 4.69) is 4.98 Å². The molecule has 0 radical (unpaired) electrons. The van der Waals surface area contributed by atoms with Crippen molar-refractivity contribution in [2.45, 2.75) is 13.0 Å². The summed E-state index contributed by atoms with van der Waals surface area (Å²) in [6.07, 6.45) is 5.93. The van der Waals surface area contributed by atoms with Crippen molar-refractivity contribution in [2.75, 3.05) is 19.6 Å². The van der Waals surface area contributed by atoms with E-state index in [0.29, 0.717) is 6.54 Å². The van der Waals surface area contributed by atoms with Crippen molar-refractivity contribution >= 4 is 11.9 Å². The number of aryl methyl sites for hydroxylation is 1. The third-order valence-electron chi connectivity index (χ3n) is 2.19. The van der Waals surface area contributed by atoms with Crippen LogP contribution < -0.4 is 5.73 Å². The van der Waals surface area contributed by atoms with Gasteiger partial charge < -0.3 is 15.4 Å². The summed E-state index contributed by atoms with van der Waals surface area (Å²) >= 11 is 0. The van der Waals surface area contributed by atoms with Gasteiger partial charge in [-0.15, -0.1) is 0 Å². The summed E-state index contributed by atoms with van der Waals surface area (Å²) in [6.45, 7) is 1.03. The monoisotopic (exact) mass is 240 g/mol. The second-order valence-electron chi connectivity index (χ2n) is 3.72. The van der Waals surface area contributed by atoms with Gasteiger partial charge in [0.2, 0.25) is 5.91 Å². The van der Waals surface area contributed by atoms with Crippen LogP contribution in [0, 0.1) is 0 Å². The number of aromatic nitrogens is 2. The number of hydrogen-bond acceptors (Lipinski definition) is 4. The molecular weight excluding hydrogens is 224 g/mol. The Balaban J connectivity index is 2.32. The molecule has 3 N–H and O–H groups in total. The molecule has 0 unspecified atom stereocenters. The third kappa shape index (κ3) is 5.67. The number of nitrogens with two attached hydrogens (primary N) is 1. The SMILES string of the molecule is NC(=O)CN(CCCn1ccnc1)CC(=O)O.